The number of amides is 3. The van der Waals surface area contributed by atoms with Gasteiger partial charge in [0.1, 0.15) is 0 Å². The molecule has 0 radical (unpaired) electrons. The van der Waals surface area contributed by atoms with Crippen molar-refractivity contribution < 1.29 is 9.59 Å². The van der Waals surface area contributed by atoms with Crippen molar-refractivity contribution in [3.63, 3.8) is 0 Å². The van der Waals surface area contributed by atoms with Crippen LogP contribution >= 0.6 is 23.7 Å². The van der Waals surface area contributed by atoms with E-state index in [1.54, 1.807) is 0 Å². The Kier molecular flexibility index (Phi) is 6.94. The number of rotatable bonds is 4. The van der Waals surface area contributed by atoms with Crippen molar-refractivity contribution in [2.75, 3.05) is 19.6 Å². The molecule has 1 aliphatic heterocycles. The largest absolute Gasteiger partial charge is 0.352 e. The summed E-state index contributed by atoms with van der Waals surface area (Å²) in [6, 6.07) is 3.15. The molecule has 8 heteroatoms. The first-order valence-corrected chi connectivity index (χ1v) is 7.54. The van der Waals surface area contributed by atoms with Crippen molar-refractivity contribution in [1.82, 2.24) is 15.5 Å². The molecule has 1 fully saturated rings. The van der Waals surface area contributed by atoms with Gasteiger partial charge in [0.05, 0.1) is 12.5 Å². The number of carbonyl (C=O) groups is 2. The van der Waals surface area contributed by atoms with Crippen LogP contribution in [0, 0.1) is 0 Å². The number of hydrogen-bond acceptors (Lipinski definition) is 4. The summed E-state index contributed by atoms with van der Waals surface area (Å²) in [5, 5.41) is 7.87. The van der Waals surface area contributed by atoms with Gasteiger partial charge in [-0.05, 0) is 18.4 Å². The number of primary amides is 1. The second kappa shape index (κ2) is 8.21. The van der Waals surface area contributed by atoms with Crippen molar-refractivity contribution in [3.8, 4) is 0 Å². The van der Waals surface area contributed by atoms with Gasteiger partial charge >= 0.3 is 6.03 Å². The van der Waals surface area contributed by atoms with Gasteiger partial charge in [0.2, 0.25) is 5.91 Å². The number of hydrogen-bond donors (Lipinski definition) is 3. The van der Waals surface area contributed by atoms with E-state index in [2.05, 4.69) is 17.6 Å². The summed E-state index contributed by atoms with van der Waals surface area (Å²) < 4.78 is 0. The smallest absolute Gasteiger partial charge is 0.312 e. The lowest BCUT2D eigenvalue weighted by Gasteiger charge is -2.32. The van der Waals surface area contributed by atoms with Gasteiger partial charge in [-0.3, -0.25) is 4.79 Å². The molecule has 6 nitrogen and oxygen atoms in total. The molecule has 0 bridgehead atoms. The Hall–Kier alpha value is -1.31. The molecular weight excluding hydrogens is 312 g/mol. The van der Waals surface area contributed by atoms with Crippen LogP contribution in [0.4, 0.5) is 4.79 Å². The normalized spacial score (nSPS) is 19.5. The molecule has 2 atom stereocenters. The van der Waals surface area contributed by atoms with E-state index in [9.17, 15) is 9.59 Å². The molecule has 118 valence electrons. The van der Waals surface area contributed by atoms with Crippen LogP contribution in [-0.4, -0.2) is 42.5 Å². The number of urea groups is 1. The maximum Gasteiger partial charge on any atom is 0.312 e. The molecule has 0 spiro atoms. The summed E-state index contributed by atoms with van der Waals surface area (Å²) in [6.07, 6.45) is 0.246. The highest BCUT2D eigenvalue weighted by Gasteiger charge is 2.25. The summed E-state index contributed by atoms with van der Waals surface area (Å²) in [4.78, 5) is 26.2. The van der Waals surface area contributed by atoms with Gasteiger partial charge in [0.15, 0.2) is 0 Å². The Labute approximate surface area is 134 Å². The van der Waals surface area contributed by atoms with E-state index in [-0.39, 0.29) is 30.8 Å². The van der Waals surface area contributed by atoms with Crippen LogP contribution in [-0.2, 0) is 4.79 Å². The second-order valence-electron chi connectivity index (χ2n) is 4.98. The quantitative estimate of drug-likeness (QED) is 0.771. The summed E-state index contributed by atoms with van der Waals surface area (Å²) in [5.41, 5.74) is 5.20. The van der Waals surface area contributed by atoms with Gasteiger partial charge in [0, 0.05) is 30.6 Å². The zero-order chi connectivity index (χ0) is 14.5. The lowest BCUT2D eigenvalue weighted by atomic mass is 10.1. The minimum Gasteiger partial charge on any atom is -0.352 e. The minimum atomic E-state index is -0.607. The van der Waals surface area contributed by atoms with Crippen LogP contribution < -0.4 is 16.4 Å². The van der Waals surface area contributed by atoms with E-state index in [1.165, 1.54) is 11.3 Å². The highest BCUT2D eigenvalue weighted by Crippen LogP contribution is 2.23. The Bertz CT molecular complexity index is 469. The number of nitrogens with two attached hydrogens (primary N) is 1. The fourth-order valence-corrected chi connectivity index (χ4v) is 3.12. The third kappa shape index (κ3) is 5.18. The minimum absolute atomic E-state index is 0. The van der Waals surface area contributed by atoms with Gasteiger partial charge < -0.3 is 21.3 Å². The summed E-state index contributed by atoms with van der Waals surface area (Å²) in [5.74, 6) is 0.0468. The maximum absolute atomic E-state index is 12.3. The standard InChI is InChI=1S/C13H20N4O2S.ClH/c1-9-8-17(5-4-15-9)12(18)7-10(16-13(14)19)11-3-2-6-20-11;/h2-3,6,9-10,15H,4-5,7-8H2,1H3,(H3,14,16,19);1H. The summed E-state index contributed by atoms with van der Waals surface area (Å²) in [7, 11) is 0. The molecule has 21 heavy (non-hydrogen) atoms. The first kappa shape index (κ1) is 17.7. The Morgan fingerprint density at radius 1 is 1.62 bits per heavy atom. The van der Waals surface area contributed by atoms with Gasteiger partial charge in [-0.2, -0.15) is 0 Å². The number of piperazine rings is 1. The van der Waals surface area contributed by atoms with Gasteiger partial charge in [0.25, 0.3) is 0 Å². The average Bonchev–Trinajstić information content (AvgIpc) is 2.91. The topological polar surface area (TPSA) is 87.5 Å². The predicted molar refractivity (Wildman–Crippen MR) is 85.7 cm³/mol. The third-order valence-electron chi connectivity index (χ3n) is 3.30. The number of nitrogens with one attached hydrogen (secondary N) is 2. The Morgan fingerprint density at radius 2 is 2.38 bits per heavy atom. The number of nitrogens with zero attached hydrogens (tertiary/aromatic N) is 1. The molecule has 2 unspecified atom stereocenters. The summed E-state index contributed by atoms with van der Waals surface area (Å²) >= 11 is 1.51. The molecule has 2 heterocycles. The number of thiophene rings is 1. The van der Waals surface area contributed by atoms with Crippen molar-refractivity contribution in [2.24, 2.45) is 5.73 Å². The van der Waals surface area contributed by atoms with Crippen LogP contribution in [0.5, 0.6) is 0 Å². The molecule has 1 saturated heterocycles. The van der Waals surface area contributed by atoms with Crippen LogP contribution in [0.3, 0.4) is 0 Å². The van der Waals surface area contributed by atoms with Gasteiger partial charge in [-0.25, -0.2) is 4.79 Å². The van der Waals surface area contributed by atoms with E-state index < -0.39 is 6.03 Å². The fourth-order valence-electron chi connectivity index (χ4n) is 2.35. The lowest BCUT2D eigenvalue weighted by molar-refractivity contribution is -0.132. The zero-order valence-corrected chi connectivity index (χ0v) is 13.5. The van der Waals surface area contributed by atoms with E-state index in [1.807, 2.05) is 22.4 Å². The SMILES string of the molecule is CC1CN(C(=O)CC(NC(N)=O)c2cccs2)CCN1.Cl. The van der Waals surface area contributed by atoms with Gasteiger partial charge in [-0.1, -0.05) is 6.07 Å². The molecule has 4 N–H and O–H groups in total. The van der Waals surface area contributed by atoms with Crippen LogP contribution in [0.25, 0.3) is 0 Å². The zero-order valence-electron chi connectivity index (χ0n) is 11.9. The molecular formula is C13H21ClN4O2S. The van der Waals surface area contributed by atoms with Crippen molar-refractivity contribution in [3.05, 3.63) is 22.4 Å². The van der Waals surface area contributed by atoms with Gasteiger partial charge in [-0.15, -0.1) is 23.7 Å². The maximum atomic E-state index is 12.3. The third-order valence-corrected chi connectivity index (χ3v) is 4.29. The number of carbonyl (C=O) groups excluding carboxylic acids is 2. The van der Waals surface area contributed by atoms with Crippen molar-refractivity contribution >= 4 is 35.7 Å². The number of halogens is 1. The molecule has 0 aromatic carbocycles. The summed E-state index contributed by atoms with van der Waals surface area (Å²) in [6.45, 7) is 4.27. The van der Waals surface area contributed by atoms with Crippen LogP contribution in [0.1, 0.15) is 24.3 Å². The molecule has 1 aromatic rings. The van der Waals surface area contributed by atoms with Crippen molar-refractivity contribution in [1.29, 1.82) is 0 Å². The first-order chi connectivity index (χ1) is 9.56. The van der Waals surface area contributed by atoms with Crippen LogP contribution in [0.2, 0.25) is 0 Å². The van der Waals surface area contributed by atoms with Crippen molar-refractivity contribution in [2.45, 2.75) is 25.4 Å². The highest BCUT2D eigenvalue weighted by molar-refractivity contribution is 7.10. The molecule has 1 aliphatic rings. The molecule has 0 saturated carbocycles. The Morgan fingerprint density at radius 3 is 2.95 bits per heavy atom. The molecule has 0 aliphatic carbocycles. The predicted octanol–water partition coefficient (Wildman–Crippen LogP) is 1.09. The monoisotopic (exact) mass is 332 g/mol. The average molecular weight is 333 g/mol. The highest BCUT2D eigenvalue weighted by atomic mass is 35.5. The first-order valence-electron chi connectivity index (χ1n) is 6.67. The Balaban J connectivity index is 0.00000220. The fraction of sp³-hybridized carbons (Fsp3) is 0.538. The van der Waals surface area contributed by atoms with Crippen LogP contribution in [0.15, 0.2) is 17.5 Å². The van der Waals surface area contributed by atoms with E-state index in [0.717, 1.165) is 11.4 Å². The second-order valence-corrected chi connectivity index (χ2v) is 5.95. The molecule has 1 aromatic heterocycles. The van der Waals surface area contributed by atoms with E-state index in [0.29, 0.717) is 19.1 Å². The molecule has 3 amide bonds. The molecule has 2 rings (SSSR count). The van der Waals surface area contributed by atoms with E-state index in [4.69, 9.17) is 5.73 Å². The lowest BCUT2D eigenvalue weighted by Crippen LogP contribution is -2.52. The van der Waals surface area contributed by atoms with E-state index >= 15 is 0 Å².